The van der Waals surface area contributed by atoms with Gasteiger partial charge in [-0.05, 0) is 12.0 Å². The van der Waals surface area contributed by atoms with Crippen molar-refractivity contribution in [2.75, 3.05) is 27.1 Å². The number of nitrogens with one attached hydrogen (secondary N) is 2. The molecule has 2 N–H and O–H groups in total. The molecule has 7 heteroatoms. The Balaban J connectivity index is 1.74. The number of likely N-dealkylation sites (tertiary alicyclic amines) is 1. The second kappa shape index (κ2) is 6.66. The molecule has 2 atom stereocenters. The Kier molecular flexibility index (Phi) is 4.61. The van der Waals surface area contributed by atoms with Crippen molar-refractivity contribution in [2.24, 2.45) is 0 Å². The summed E-state index contributed by atoms with van der Waals surface area (Å²) in [6.45, 7) is 1.83. The molecule has 2 aliphatic rings. The predicted octanol–water partition coefficient (Wildman–Crippen LogP) is 0.460. The third-order valence-corrected chi connectivity index (χ3v) is 4.33. The number of methoxy groups -OCH3 is 1. The molecule has 2 fully saturated rings. The van der Waals surface area contributed by atoms with Crippen LogP contribution >= 0.6 is 0 Å². The van der Waals surface area contributed by atoms with Crippen LogP contribution in [-0.2, 0) is 20.8 Å². The van der Waals surface area contributed by atoms with Crippen molar-refractivity contribution in [3.63, 3.8) is 0 Å². The number of benzene rings is 1. The molecule has 1 spiro atoms. The first-order valence-corrected chi connectivity index (χ1v) is 7.61. The standard InChI is InChI=1S/C16H21N3O4/c1-22-11-23-9-13-7-16(14(20)17-15(21)18-16)10-19(13)8-12-5-3-2-4-6-12/h2-6,13H,7-11H2,1H3,(H2,17,18,20,21)/t13-,16-/m0/s1. The molecule has 3 rings (SSSR count). The molecule has 0 aliphatic carbocycles. The van der Waals surface area contributed by atoms with E-state index in [-0.39, 0.29) is 18.7 Å². The zero-order valence-corrected chi connectivity index (χ0v) is 13.1. The molecule has 1 aromatic carbocycles. The van der Waals surface area contributed by atoms with Gasteiger partial charge >= 0.3 is 6.03 Å². The van der Waals surface area contributed by atoms with Gasteiger partial charge in [-0.2, -0.15) is 0 Å². The molecule has 0 saturated carbocycles. The van der Waals surface area contributed by atoms with Gasteiger partial charge in [0.2, 0.25) is 0 Å². The number of nitrogens with zero attached hydrogens (tertiary/aromatic N) is 1. The maximum atomic E-state index is 12.2. The van der Waals surface area contributed by atoms with E-state index in [1.807, 2.05) is 30.3 Å². The zero-order chi connectivity index (χ0) is 16.3. The summed E-state index contributed by atoms with van der Waals surface area (Å²) in [5, 5.41) is 5.13. The monoisotopic (exact) mass is 319 g/mol. The highest BCUT2D eigenvalue weighted by molar-refractivity contribution is 6.07. The van der Waals surface area contributed by atoms with Gasteiger partial charge < -0.3 is 14.8 Å². The third-order valence-electron chi connectivity index (χ3n) is 4.33. The number of urea groups is 1. The molecule has 124 valence electrons. The Bertz CT molecular complexity index is 580. The van der Waals surface area contributed by atoms with Crippen LogP contribution in [0.2, 0.25) is 0 Å². The number of imide groups is 1. The van der Waals surface area contributed by atoms with Crippen LogP contribution in [0.3, 0.4) is 0 Å². The van der Waals surface area contributed by atoms with Crippen LogP contribution in [-0.4, -0.2) is 55.5 Å². The first kappa shape index (κ1) is 15.9. The van der Waals surface area contributed by atoms with Crippen molar-refractivity contribution in [1.82, 2.24) is 15.5 Å². The number of ether oxygens (including phenoxy) is 2. The molecule has 23 heavy (non-hydrogen) atoms. The highest BCUT2D eigenvalue weighted by atomic mass is 16.7. The van der Waals surface area contributed by atoms with Crippen LogP contribution in [0.1, 0.15) is 12.0 Å². The van der Waals surface area contributed by atoms with Crippen molar-refractivity contribution in [3.8, 4) is 0 Å². The second-order valence-corrected chi connectivity index (χ2v) is 6.02. The minimum atomic E-state index is -0.854. The molecule has 2 aliphatic heterocycles. The second-order valence-electron chi connectivity index (χ2n) is 6.02. The van der Waals surface area contributed by atoms with Crippen LogP contribution in [0.15, 0.2) is 30.3 Å². The third kappa shape index (κ3) is 3.36. The lowest BCUT2D eigenvalue weighted by atomic mass is 9.96. The fourth-order valence-electron chi connectivity index (χ4n) is 3.29. The van der Waals surface area contributed by atoms with Crippen molar-refractivity contribution in [3.05, 3.63) is 35.9 Å². The maximum absolute atomic E-state index is 12.2. The Hall–Kier alpha value is -1.96. The first-order valence-electron chi connectivity index (χ1n) is 7.61. The molecule has 7 nitrogen and oxygen atoms in total. The summed E-state index contributed by atoms with van der Waals surface area (Å²) in [4.78, 5) is 25.9. The van der Waals surface area contributed by atoms with E-state index in [2.05, 4.69) is 15.5 Å². The molecule has 1 aromatic rings. The number of hydrogen-bond acceptors (Lipinski definition) is 5. The minimum absolute atomic E-state index is 0.0366. The summed E-state index contributed by atoms with van der Waals surface area (Å²) >= 11 is 0. The van der Waals surface area contributed by atoms with Crippen molar-refractivity contribution >= 4 is 11.9 Å². The first-order chi connectivity index (χ1) is 11.1. The van der Waals surface area contributed by atoms with E-state index >= 15 is 0 Å². The van der Waals surface area contributed by atoms with E-state index in [0.29, 0.717) is 26.1 Å². The lowest BCUT2D eigenvalue weighted by Gasteiger charge is -2.24. The topological polar surface area (TPSA) is 79.9 Å². The number of rotatable bonds is 6. The van der Waals surface area contributed by atoms with Gasteiger partial charge in [-0.25, -0.2) is 4.79 Å². The number of carbonyl (C=O) groups is 2. The molecule has 0 aromatic heterocycles. The van der Waals surface area contributed by atoms with E-state index in [1.165, 1.54) is 0 Å². The maximum Gasteiger partial charge on any atom is 0.322 e. The van der Waals surface area contributed by atoms with Crippen LogP contribution < -0.4 is 10.6 Å². The lowest BCUT2D eigenvalue weighted by Crippen LogP contribution is -2.48. The van der Waals surface area contributed by atoms with Crippen LogP contribution in [0.5, 0.6) is 0 Å². The van der Waals surface area contributed by atoms with Gasteiger partial charge in [0.1, 0.15) is 12.3 Å². The Morgan fingerprint density at radius 3 is 2.74 bits per heavy atom. The molecule has 0 unspecified atom stereocenters. The summed E-state index contributed by atoms with van der Waals surface area (Å²) in [5.74, 6) is -0.255. The van der Waals surface area contributed by atoms with Crippen molar-refractivity contribution in [1.29, 1.82) is 0 Å². The lowest BCUT2D eigenvalue weighted by molar-refractivity contribution is -0.123. The molecule has 0 radical (unpaired) electrons. The largest absolute Gasteiger partial charge is 0.359 e. The predicted molar refractivity (Wildman–Crippen MR) is 82.5 cm³/mol. The van der Waals surface area contributed by atoms with Gasteiger partial charge in [-0.15, -0.1) is 0 Å². The SMILES string of the molecule is COCOC[C@@H]1C[C@@]2(CN1Cc1ccccc1)NC(=O)NC2=O. The Labute approximate surface area is 134 Å². The van der Waals surface area contributed by atoms with E-state index in [0.717, 1.165) is 5.56 Å². The van der Waals surface area contributed by atoms with Crippen molar-refractivity contribution in [2.45, 2.75) is 24.5 Å². The van der Waals surface area contributed by atoms with Crippen LogP contribution in [0.25, 0.3) is 0 Å². The van der Waals surface area contributed by atoms with Crippen LogP contribution in [0.4, 0.5) is 4.79 Å². The fourth-order valence-corrected chi connectivity index (χ4v) is 3.29. The summed E-state index contributed by atoms with van der Waals surface area (Å²) in [5.41, 5.74) is 0.304. The van der Waals surface area contributed by atoms with Crippen molar-refractivity contribution < 1.29 is 19.1 Å². The van der Waals surface area contributed by atoms with Gasteiger partial charge in [-0.1, -0.05) is 30.3 Å². The molecular formula is C16H21N3O4. The highest BCUT2D eigenvalue weighted by Crippen LogP contribution is 2.31. The van der Waals surface area contributed by atoms with Gasteiger partial charge in [-0.3, -0.25) is 15.0 Å². The minimum Gasteiger partial charge on any atom is -0.359 e. The quantitative estimate of drug-likeness (QED) is 0.452. The summed E-state index contributed by atoms with van der Waals surface area (Å²) < 4.78 is 10.4. The number of carbonyl (C=O) groups excluding carboxylic acids is 2. The zero-order valence-electron chi connectivity index (χ0n) is 13.1. The smallest absolute Gasteiger partial charge is 0.322 e. The highest BCUT2D eigenvalue weighted by Gasteiger charge is 2.54. The summed E-state index contributed by atoms with van der Waals surface area (Å²) in [7, 11) is 1.57. The molecule has 3 amide bonds. The van der Waals surface area contributed by atoms with E-state index in [4.69, 9.17) is 9.47 Å². The summed E-state index contributed by atoms with van der Waals surface area (Å²) in [6, 6.07) is 9.65. The molecule has 2 saturated heterocycles. The molecular weight excluding hydrogens is 298 g/mol. The normalized spacial score (nSPS) is 27.4. The summed E-state index contributed by atoms with van der Waals surface area (Å²) in [6.07, 6.45) is 0.529. The average molecular weight is 319 g/mol. The average Bonchev–Trinajstić information content (AvgIpc) is 3.00. The van der Waals surface area contributed by atoms with Gasteiger partial charge in [0.15, 0.2) is 0 Å². The number of amides is 3. The molecule has 2 heterocycles. The van der Waals surface area contributed by atoms with E-state index in [9.17, 15) is 9.59 Å². The van der Waals surface area contributed by atoms with Gasteiger partial charge in [0.25, 0.3) is 5.91 Å². The van der Waals surface area contributed by atoms with E-state index in [1.54, 1.807) is 7.11 Å². The fraction of sp³-hybridized carbons (Fsp3) is 0.500. The van der Waals surface area contributed by atoms with Gasteiger partial charge in [0, 0.05) is 26.2 Å². The van der Waals surface area contributed by atoms with Crippen LogP contribution in [0, 0.1) is 0 Å². The molecule has 0 bridgehead atoms. The van der Waals surface area contributed by atoms with Gasteiger partial charge in [0.05, 0.1) is 6.61 Å². The Morgan fingerprint density at radius 1 is 1.30 bits per heavy atom. The van der Waals surface area contributed by atoms with E-state index < -0.39 is 11.6 Å². The number of hydrogen-bond donors (Lipinski definition) is 2. The Morgan fingerprint density at radius 2 is 2.09 bits per heavy atom.